The van der Waals surface area contributed by atoms with Crippen LogP contribution in [0.3, 0.4) is 0 Å². The second kappa shape index (κ2) is 7.99. The highest BCUT2D eigenvalue weighted by atomic mass is 32.1. The molecule has 9 heteroatoms. The van der Waals surface area contributed by atoms with Crippen molar-refractivity contribution in [1.82, 2.24) is 14.9 Å². The summed E-state index contributed by atoms with van der Waals surface area (Å²) in [5.74, 6) is -2.52. The maximum Gasteiger partial charge on any atom is 0.303 e. The van der Waals surface area contributed by atoms with Crippen LogP contribution < -0.4 is 5.32 Å². The number of benzene rings is 1. The first kappa shape index (κ1) is 19.2. The number of imidazole rings is 1. The van der Waals surface area contributed by atoms with Crippen molar-refractivity contribution >= 4 is 24.1 Å². The van der Waals surface area contributed by atoms with Gasteiger partial charge in [-0.3, -0.25) is 9.59 Å². The van der Waals surface area contributed by atoms with E-state index in [1.54, 1.807) is 6.20 Å². The largest absolute Gasteiger partial charge is 0.481 e. The summed E-state index contributed by atoms with van der Waals surface area (Å²) in [6, 6.07) is 2.18. The molecule has 2 aromatic rings. The molecule has 0 saturated carbocycles. The van der Waals surface area contributed by atoms with Gasteiger partial charge in [0.25, 0.3) is 0 Å². The highest BCUT2D eigenvalue weighted by Gasteiger charge is 2.25. The number of carboxylic acid groups (broad SMARTS) is 1. The van der Waals surface area contributed by atoms with Gasteiger partial charge in [0.05, 0.1) is 18.7 Å². The predicted octanol–water partition coefficient (Wildman–Crippen LogP) is 3.03. The van der Waals surface area contributed by atoms with E-state index < -0.39 is 17.6 Å². The zero-order valence-electron chi connectivity index (χ0n) is 14.4. The smallest absolute Gasteiger partial charge is 0.303 e. The lowest BCUT2D eigenvalue weighted by atomic mass is 9.87. The number of carbonyl (C=O) groups is 2. The topological polar surface area (TPSA) is 87.1 Å². The van der Waals surface area contributed by atoms with Gasteiger partial charge in [-0.1, -0.05) is 0 Å². The number of rotatable bonds is 6. The van der Waals surface area contributed by atoms with Crippen LogP contribution in [0.15, 0.2) is 18.3 Å². The Labute approximate surface area is 159 Å². The third kappa shape index (κ3) is 4.41. The van der Waals surface area contributed by atoms with Gasteiger partial charge >= 0.3 is 5.97 Å². The van der Waals surface area contributed by atoms with Crippen molar-refractivity contribution in [3.05, 3.63) is 51.6 Å². The molecule has 0 fully saturated rings. The van der Waals surface area contributed by atoms with E-state index in [9.17, 15) is 18.4 Å². The molecule has 27 heavy (non-hydrogen) atoms. The van der Waals surface area contributed by atoms with E-state index in [0.717, 1.165) is 11.8 Å². The summed E-state index contributed by atoms with van der Waals surface area (Å²) < 4.78 is 29.8. The standard InChI is InChI=1S/C18H19F2N3O3S/c19-11-5-10-6-12(1-2-14(10)15(20)7-11)23-13(9-22-18(23)27)8-21-16(24)3-4-17(25)26/h5,7,9,12H,1-4,6,8H2,(H,21,24)(H,22,27)(H,25,26). The van der Waals surface area contributed by atoms with Gasteiger partial charge in [0.15, 0.2) is 4.77 Å². The van der Waals surface area contributed by atoms with Crippen molar-refractivity contribution in [3.63, 3.8) is 0 Å². The number of carbonyl (C=O) groups excluding carboxylic acids is 1. The normalized spacial score (nSPS) is 16.0. The number of H-pyrrole nitrogens is 1. The number of hydrogen-bond donors (Lipinski definition) is 3. The molecule has 1 amide bonds. The van der Waals surface area contributed by atoms with Crippen LogP contribution in [0.5, 0.6) is 0 Å². The van der Waals surface area contributed by atoms with Crippen LogP contribution in [0.1, 0.15) is 42.1 Å². The first-order valence-electron chi connectivity index (χ1n) is 8.59. The number of nitrogens with one attached hydrogen (secondary N) is 2. The molecule has 1 heterocycles. The fourth-order valence-electron chi connectivity index (χ4n) is 3.46. The summed E-state index contributed by atoms with van der Waals surface area (Å²) >= 11 is 5.34. The average Bonchev–Trinajstić information content (AvgIpc) is 2.98. The van der Waals surface area contributed by atoms with Crippen molar-refractivity contribution in [2.75, 3.05) is 0 Å². The van der Waals surface area contributed by atoms with Crippen LogP contribution >= 0.6 is 12.2 Å². The number of nitrogens with zero attached hydrogens (tertiary/aromatic N) is 1. The number of aromatic amines is 1. The third-order valence-electron chi connectivity index (χ3n) is 4.72. The molecule has 1 atom stereocenters. The van der Waals surface area contributed by atoms with E-state index in [1.807, 2.05) is 4.57 Å². The molecule has 3 rings (SSSR count). The van der Waals surface area contributed by atoms with Gasteiger partial charge in [-0.2, -0.15) is 0 Å². The van der Waals surface area contributed by atoms with Crippen LogP contribution in [-0.4, -0.2) is 26.5 Å². The number of amides is 1. The molecule has 6 nitrogen and oxygen atoms in total. The molecule has 0 aliphatic heterocycles. The summed E-state index contributed by atoms with van der Waals surface area (Å²) in [6.07, 6.45) is 2.90. The number of fused-ring (bicyclic) bond motifs is 1. The van der Waals surface area contributed by atoms with Crippen molar-refractivity contribution in [2.45, 2.75) is 44.7 Å². The molecular formula is C18H19F2N3O3S. The Kier molecular flexibility index (Phi) is 5.69. The van der Waals surface area contributed by atoms with Gasteiger partial charge in [-0.05, 0) is 48.7 Å². The zero-order valence-corrected chi connectivity index (χ0v) is 15.2. The molecule has 1 unspecified atom stereocenters. The monoisotopic (exact) mass is 395 g/mol. The number of aliphatic carboxylic acids is 1. The predicted molar refractivity (Wildman–Crippen MR) is 95.8 cm³/mol. The lowest BCUT2D eigenvalue weighted by Gasteiger charge is -2.27. The first-order chi connectivity index (χ1) is 12.8. The molecule has 144 valence electrons. The minimum absolute atomic E-state index is 0.0802. The van der Waals surface area contributed by atoms with Gasteiger partial charge in [-0.15, -0.1) is 0 Å². The fourth-order valence-corrected chi connectivity index (χ4v) is 3.78. The minimum atomic E-state index is -1.03. The molecule has 1 aliphatic rings. The molecule has 1 aliphatic carbocycles. The minimum Gasteiger partial charge on any atom is -0.481 e. The van der Waals surface area contributed by atoms with Crippen LogP contribution in [0.25, 0.3) is 0 Å². The summed E-state index contributed by atoms with van der Waals surface area (Å²) in [5, 5.41) is 11.3. The Morgan fingerprint density at radius 1 is 1.33 bits per heavy atom. The molecule has 0 spiro atoms. The molecule has 3 N–H and O–H groups in total. The Bertz CT molecular complexity index is 938. The highest BCUT2D eigenvalue weighted by molar-refractivity contribution is 7.71. The highest BCUT2D eigenvalue weighted by Crippen LogP contribution is 2.32. The molecule has 0 saturated heterocycles. The number of aromatic nitrogens is 2. The second-order valence-electron chi connectivity index (χ2n) is 6.55. The van der Waals surface area contributed by atoms with Crippen LogP contribution in [0.4, 0.5) is 8.78 Å². The van der Waals surface area contributed by atoms with Gasteiger partial charge < -0.3 is 20.0 Å². The maximum atomic E-state index is 13.9. The quantitative estimate of drug-likeness (QED) is 0.656. The van der Waals surface area contributed by atoms with E-state index in [4.69, 9.17) is 17.3 Å². The Morgan fingerprint density at radius 3 is 2.85 bits per heavy atom. The van der Waals surface area contributed by atoms with Crippen LogP contribution in [0.2, 0.25) is 0 Å². The van der Waals surface area contributed by atoms with Gasteiger partial charge in [0.1, 0.15) is 11.6 Å². The van der Waals surface area contributed by atoms with Crippen molar-refractivity contribution in [1.29, 1.82) is 0 Å². The van der Waals surface area contributed by atoms with Gasteiger partial charge in [0, 0.05) is 24.7 Å². The molecule has 0 radical (unpaired) electrons. The molecule has 1 aromatic heterocycles. The van der Waals surface area contributed by atoms with E-state index in [0.29, 0.717) is 35.2 Å². The summed E-state index contributed by atoms with van der Waals surface area (Å²) in [7, 11) is 0. The summed E-state index contributed by atoms with van der Waals surface area (Å²) in [5.41, 5.74) is 1.90. The fraction of sp³-hybridized carbons (Fsp3) is 0.389. The lowest BCUT2D eigenvalue weighted by molar-refractivity contribution is -0.138. The van der Waals surface area contributed by atoms with E-state index in [2.05, 4.69) is 10.3 Å². The summed E-state index contributed by atoms with van der Waals surface area (Å²) in [6.45, 7) is 0.187. The average molecular weight is 395 g/mol. The van der Waals surface area contributed by atoms with Crippen molar-refractivity contribution in [3.8, 4) is 0 Å². The van der Waals surface area contributed by atoms with Crippen LogP contribution in [0, 0.1) is 16.4 Å². The third-order valence-corrected chi connectivity index (χ3v) is 5.04. The lowest BCUT2D eigenvalue weighted by Crippen LogP contribution is -2.27. The zero-order chi connectivity index (χ0) is 19.6. The Morgan fingerprint density at radius 2 is 2.11 bits per heavy atom. The van der Waals surface area contributed by atoms with Crippen molar-refractivity contribution in [2.24, 2.45) is 0 Å². The first-order valence-corrected chi connectivity index (χ1v) is 9.00. The van der Waals surface area contributed by atoms with E-state index in [1.165, 1.54) is 6.07 Å². The van der Waals surface area contributed by atoms with Crippen molar-refractivity contribution < 1.29 is 23.5 Å². The molecule has 1 aromatic carbocycles. The maximum absolute atomic E-state index is 13.9. The molecular weight excluding hydrogens is 376 g/mol. The van der Waals surface area contributed by atoms with Crippen LogP contribution in [-0.2, 0) is 29.0 Å². The van der Waals surface area contributed by atoms with E-state index >= 15 is 0 Å². The Balaban J connectivity index is 1.74. The number of hydrogen-bond acceptors (Lipinski definition) is 3. The SMILES string of the molecule is O=C(O)CCC(=O)NCc1c[nH]c(=S)n1C1CCc2c(F)cc(F)cc2C1. The van der Waals surface area contributed by atoms with E-state index in [-0.39, 0.29) is 31.3 Å². The second-order valence-corrected chi connectivity index (χ2v) is 6.93. The number of carboxylic acids is 1. The Hall–Kier alpha value is -2.55. The van der Waals surface area contributed by atoms with Gasteiger partial charge in [0.2, 0.25) is 5.91 Å². The van der Waals surface area contributed by atoms with Gasteiger partial charge in [-0.25, -0.2) is 8.78 Å². The molecule has 0 bridgehead atoms. The summed E-state index contributed by atoms with van der Waals surface area (Å²) in [4.78, 5) is 25.2. The number of halogens is 2.